The molecular weight excluding hydrogens is 410 g/mol. The van der Waals surface area contributed by atoms with Crippen molar-refractivity contribution in [3.05, 3.63) is 58.7 Å². The number of carbonyl (C=O) groups is 3. The fraction of sp³-hybridized carbons (Fsp3) is 0.375. The van der Waals surface area contributed by atoms with E-state index >= 15 is 0 Å². The second kappa shape index (κ2) is 9.30. The smallest absolute Gasteiger partial charge is 0.324 e. The average Bonchev–Trinajstić information content (AvgIpc) is 3.11. The van der Waals surface area contributed by atoms with Crippen molar-refractivity contribution in [3.8, 4) is 11.5 Å². The van der Waals surface area contributed by atoms with Gasteiger partial charge in [-0.05, 0) is 61.2 Å². The first-order chi connectivity index (χ1) is 15.5. The highest BCUT2D eigenvalue weighted by Crippen LogP contribution is 2.34. The van der Waals surface area contributed by atoms with E-state index in [2.05, 4.69) is 5.32 Å². The van der Waals surface area contributed by atoms with Crippen molar-refractivity contribution in [1.82, 2.24) is 15.1 Å². The summed E-state index contributed by atoms with van der Waals surface area (Å²) in [5, 5.41) is 2.51. The lowest BCUT2D eigenvalue weighted by molar-refractivity contribution is -0.125. The van der Waals surface area contributed by atoms with E-state index < -0.39 is 6.03 Å². The van der Waals surface area contributed by atoms with Gasteiger partial charge in [0.05, 0.1) is 26.3 Å². The zero-order valence-electron chi connectivity index (χ0n) is 18.3. The normalized spacial score (nSPS) is 15.4. The molecule has 1 saturated heterocycles. The Morgan fingerprint density at radius 1 is 1.03 bits per heavy atom. The number of hydrogen-bond donors (Lipinski definition) is 1. The Morgan fingerprint density at radius 2 is 1.75 bits per heavy atom. The molecule has 0 saturated carbocycles. The number of benzene rings is 2. The number of nitrogens with one attached hydrogen (secondary N) is 1. The van der Waals surface area contributed by atoms with Gasteiger partial charge in [0.25, 0.3) is 5.91 Å². The first-order valence-electron chi connectivity index (χ1n) is 10.9. The van der Waals surface area contributed by atoms with Crippen molar-refractivity contribution in [2.24, 2.45) is 0 Å². The SMILES string of the molecule is CCOc1cc2c(cc1OCC)CN(C(=O)c1cccc(CN3C(=O)CNC3=O)c1)CC2. The van der Waals surface area contributed by atoms with Gasteiger partial charge in [0, 0.05) is 18.7 Å². The molecule has 2 aliphatic heterocycles. The van der Waals surface area contributed by atoms with Crippen molar-refractivity contribution < 1.29 is 23.9 Å². The van der Waals surface area contributed by atoms with E-state index in [0.29, 0.717) is 37.6 Å². The van der Waals surface area contributed by atoms with Crippen LogP contribution < -0.4 is 14.8 Å². The molecule has 168 valence electrons. The molecule has 0 aromatic heterocycles. The Hall–Kier alpha value is -3.55. The van der Waals surface area contributed by atoms with E-state index in [1.165, 1.54) is 0 Å². The number of rotatable bonds is 7. The van der Waals surface area contributed by atoms with Crippen LogP contribution in [0.5, 0.6) is 11.5 Å². The summed E-state index contributed by atoms with van der Waals surface area (Å²) in [4.78, 5) is 39.9. The second-order valence-corrected chi connectivity index (χ2v) is 7.75. The summed E-state index contributed by atoms with van der Waals surface area (Å²) < 4.78 is 11.5. The van der Waals surface area contributed by atoms with Gasteiger partial charge in [-0.2, -0.15) is 0 Å². The monoisotopic (exact) mass is 437 g/mol. The molecule has 8 nitrogen and oxygen atoms in total. The average molecular weight is 437 g/mol. The fourth-order valence-corrected chi connectivity index (χ4v) is 4.06. The molecule has 2 aromatic rings. The number of carbonyl (C=O) groups excluding carboxylic acids is 3. The lowest BCUT2D eigenvalue weighted by atomic mass is 9.98. The molecule has 0 aliphatic carbocycles. The number of urea groups is 1. The quantitative estimate of drug-likeness (QED) is 0.673. The Morgan fingerprint density at radius 3 is 2.41 bits per heavy atom. The van der Waals surface area contributed by atoms with Crippen LogP contribution >= 0.6 is 0 Å². The topological polar surface area (TPSA) is 88.2 Å². The van der Waals surface area contributed by atoms with Crippen molar-refractivity contribution >= 4 is 17.8 Å². The third-order valence-corrected chi connectivity index (χ3v) is 5.62. The van der Waals surface area contributed by atoms with Crippen LogP contribution in [-0.2, 0) is 24.3 Å². The van der Waals surface area contributed by atoms with Crippen LogP contribution in [0.25, 0.3) is 0 Å². The van der Waals surface area contributed by atoms with Crippen LogP contribution in [0.2, 0.25) is 0 Å². The Kier molecular flexibility index (Phi) is 6.30. The zero-order valence-corrected chi connectivity index (χ0v) is 18.3. The van der Waals surface area contributed by atoms with E-state index in [0.717, 1.165) is 33.8 Å². The third kappa shape index (κ3) is 4.39. The minimum absolute atomic E-state index is 0.0133. The van der Waals surface area contributed by atoms with Gasteiger partial charge in [0.1, 0.15) is 0 Å². The van der Waals surface area contributed by atoms with E-state index in [-0.39, 0.29) is 24.9 Å². The molecule has 0 radical (unpaired) electrons. The summed E-state index contributed by atoms with van der Waals surface area (Å²) in [6.07, 6.45) is 0.732. The summed E-state index contributed by atoms with van der Waals surface area (Å²) in [7, 11) is 0. The van der Waals surface area contributed by atoms with Crippen LogP contribution in [0.4, 0.5) is 4.79 Å². The minimum Gasteiger partial charge on any atom is -0.490 e. The summed E-state index contributed by atoms with van der Waals surface area (Å²) in [6.45, 7) is 6.20. The Balaban J connectivity index is 1.51. The number of imide groups is 1. The second-order valence-electron chi connectivity index (χ2n) is 7.75. The van der Waals surface area contributed by atoms with Crippen LogP contribution in [0, 0.1) is 0 Å². The molecule has 1 N–H and O–H groups in total. The molecule has 0 spiro atoms. The molecule has 4 rings (SSSR count). The van der Waals surface area contributed by atoms with Gasteiger partial charge in [0.15, 0.2) is 11.5 Å². The maximum atomic E-state index is 13.2. The van der Waals surface area contributed by atoms with Crippen LogP contribution in [0.1, 0.15) is 40.9 Å². The van der Waals surface area contributed by atoms with Gasteiger partial charge in [0.2, 0.25) is 5.91 Å². The highest BCUT2D eigenvalue weighted by Gasteiger charge is 2.29. The van der Waals surface area contributed by atoms with Crippen molar-refractivity contribution in [1.29, 1.82) is 0 Å². The standard InChI is InChI=1S/C24H27N3O5/c1-3-31-20-11-17-8-9-26(15-19(17)12-21(20)32-4-2)23(29)18-7-5-6-16(10-18)14-27-22(28)13-25-24(27)30/h5-7,10-12H,3-4,8-9,13-15H2,1-2H3,(H,25,30). The van der Waals surface area contributed by atoms with Crippen LogP contribution in [0.15, 0.2) is 36.4 Å². The number of fused-ring (bicyclic) bond motifs is 1. The first-order valence-corrected chi connectivity index (χ1v) is 10.9. The molecule has 0 unspecified atom stereocenters. The first kappa shape index (κ1) is 21.7. The van der Waals surface area contributed by atoms with Gasteiger partial charge < -0.3 is 19.7 Å². The predicted molar refractivity (Wildman–Crippen MR) is 118 cm³/mol. The predicted octanol–water partition coefficient (Wildman–Crippen LogP) is 2.73. The molecule has 32 heavy (non-hydrogen) atoms. The van der Waals surface area contributed by atoms with E-state index in [4.69, 9.17) is 9.47 Å². The van der Waals surface area contributed by atoms with Gasteiger partial charge in [-0.25, -0.2) is 4.79 Å². The van der Waals surface area contributed by atoms with Gasteiger partial charge in [-0.3, -0.25) is 14.5 Å². The molecule has 0 bridgehead atoms. The maximum absolute atomic E-state index is 13.2. The van der Waals surface area contributed by atoms with E-state index in [1.807, 2.05) is 36.9 Å². The zero-order chi connectivity index (χ0) is 22.7. The van der Waals surface area contributed by atoms with Crippen molar-refractivity contribution in [2.45, 2.75) is 33.4 Å². The molecule has 2 heterocycles. The van der Waals surface area contributed by atoms with E-state index in [1.54, 1.807) is 18.2 Å². The van der Waals surface area contributed by atoms with Gasteiger partial charge >= 0.3 is 6.03 Å². The van der Waals surface area contributed by atoms with Gasteiger partial charge in [-0.15, -0.1) is 0 Å². The fourth-order valence-electron chi connectivity index (χ4n) is 4.06. The number of nitrogens with zero attached hydrogens (tertiary/aromatic N) is 2. The lowest BCUT2D eigenvalue weighted by Crippen LogP contribution is -2.36. The molecule has 2 aromatic carbocycles. The number of amides is 4. The lowest BCUT2D eigenvalue weighted by Gasteiger charge is -2.30. The maximum Gasteiger partial charge on any atom is 0.324 e. The molecule has 2 aliphatic rings. The van der Waals surface area contributed by atoms with Crippen LogP contribution in [0.3, 0.4) is 0 Å². The highest BCUT2D eigenvalue weighted by atomic mass is 16.5. The third-order valence-electron chi connectivity index (χ3n) is 5.62. The van der Waals surface area contributed by atoms with Gasteiger partial charge in [-0.1, -0.05) is 12.1 Å². The summed E-state index contributed by atoms with van der Waals surface area (Å²) in [5.74, 6) is 1.08. The summed E-state index contributed by atoms with van der Waals surface area (Å²) in [5.41, 5.74) is 3.48. The summed E-state index contributed by atoms with van der Waals surface area (Å²) in [6, 6.07) is 10.7. The van der Waals surface area contributed by atoms with Crippen LogP contribution in [-0.4, -0.2) is 53.9 Å². The van der Waals surface area contributed by atoms with Crippen molar-refractivity contribution in [3.63, 3.8) is 0 Å². The highest BCUT2D eigenvalue weighted by molar-refractivity contribution is 6.02. The number of ether oxygens (including phenoxy) is 2. The largest absolute Gasteiger partial charge is 0.490 e. The molecule has 0 atom stereocenters. The van der Waals surface area contributed by atoms with E-state index in [9.17, 15) is 14.4 Å². The molecule has 4 amide bonds. The molecular formula is C24H27N3O5. The minimum atomic E-state index is -0.407. The molecule has 1 fully saturated rings. The Labute approximate surface area is 187 Å². The number of hydrogen-bond acceptors (Lipinski definition) is 5. The Bertz CT molecular complexity index is 1040. The molecule has 8 heteroatoms. The summed E-state index contributed by atoms with van der Waals surface area (Å²) >= 11 is 0. The van der Waals surface area contributed by atoms with Crippen molar-refractivity contribution in [2.75, 3.05) is 26.3 Å².